The zero-order chi connectivity index (χ0) is 9.84. The van der Waals surface area contributed by atoms with Gasteiger partial charge in [-0.2, -0.15) is 0 Å². The summed E-state index contributed by atoms with van der Waals surface area (Å²) in [6.45, 7) is 4.43. The molecule has 13 heavy (non-hydrogen) atoms. The summed E-state index contributed by atoms with van der Waals surface area (Å²) in [6.07, 6.45) is 1.15. The highest BCUT2D eigenvalue weighted by Crippen LogP contribution is 2.32. The molecular formula is C11H15IO. The molecular weight excluding hydrogens is 275 g/mol. The second-order valence-electron chi connectivity index (χ2n) is 3.17. The molecule has 0 spiro atoms. The van der Waals surface area contributed by atoms with Crippen LogP contribution in [-0.2, 0) is 0 Å². The van der Waals surface area contributed by atoms with Crippen molar-refractivity contribution in [3.05, 3.63) is 27.3 Å². The predicted octanol–water partition coefficient (Wildman–Crippen LogP) is 3.81. The van der Waals surface area contributed by atoms with E-state index in [9.17, 15) is 0 Å². The van der Waals surface area contributed by atoms with Gasteiger partial charge < -0.3 is 4.74 Å². The summed E-state index contributed by atoms with van der Waals surface area (Å²) in [5, 5.41) is 0. The van der Waals surface area contributed by atoms with Crippen LogP contribution in [0.25, 0.3) is 0 Å². The van der Waals surface area contributed by atoms with Crippen molar-refractivity contribution in [1.29, 1.82) is 0 Å². The summed E-state index contributed by atoms with van der Waals surface area (Å²) in [5.41, 5.74) is 1.32. The van der Waals surface area contributed by atoms with E-state index >= 15 is 0 Å². The molecule has 0 aliphatic rings. The van der Waals surface area contributed by atoms with Crippen molar-refractivity contribution < 1.29 is 4.74 Å². The first-order chi connectivity index (χ1) is 6.20. The standard InChI is InChI=1S/C11H15IO/c1-4-8(2)9-6-5-7-10(12)11(9)13-3/h5-8H,4H2,1-3H3. The summed E-state index contributed by atoms with van der Waals surface area (Å²) in [4.78, 5) is 0. The molecule has 0 N–H and O–H groups in total. The summed E-state index contributed by atoms with van der Waals surface area (Å²) in [6, 6.07) is 6.31. The topological polar surface area (TPSA) is 9.23 Å². The van der Waals surface area contributed by atoms with Gasteiger partial charge in [-0.3, -0.25) is 0 Å². The van der Waals surface area contributed by atoms with Crippen LogP contribution >= 0.6 is 22.6 Å². The number of ether oxygens (including phenoxy) is 1. The molecule has 1 unspecified atom stereocenters. The Morgan fingerprint density at radius 1 is 1.46 bits per heavy atom. The molecule has 72 valence electrons. The molecule has 0 bridgehead atoms. The van der Waals surface area contributed by atoms with Crippen molar-refractivity contribution in [2.24, 2.45) is 0 Å². The highest BCUT2D eigenvalue weighted by atomic mass is 127. The molecule has 1 aromatic carbocycles. The van der Waals surface area contributed by atoms with Gasteiger partial charge in [-0.05, 0) is 46.6 Å². The molecule has 1 atom stereocenters. The molecule has 0 heterocycles. The molecule has 1 nitrogen and oxygen atoms in total. The Kier molecular flexibility index (Phi) is 4.03. The molecule has 0 aliphatic heterocycles. The molecule has 2 heteroatoms. The summed E-state index contributed by atoms with van der Waals surface area (Å²) >= 11 is 2.31. The number of methoxy groups -OCH3 is 1. The van der Waals surface area contributed by atoms with Gasteiger partial charge in [-0.25, -0.2) is 0 Å². The van der Waals surface area contributed by atoms with Crippen LogP contribution in [0.15, 0.2) is 18.2 Å². The van der Waals surface area contributed by atoms with Gasteiger partial charge >= 0.3 is 0 Å². The highest BCUT2D eigenvalue weighted by Gasteiger charge is 2.11. The van der Waals surface area contributed by atoms with Crippen LogP contribution in [0.3, 0.4) is 0 Å². The number of para-hydroxylation sites is 1. The van der Waals surface area contributed by atoms with E-state index in [1.165, 1.54) is 9.13 Å². The average Bonchev–Trinajstić information content (AvgIpc) is 2.16. The van der Waals surface area contributed by atoms with Crippen LogP contribution in [0.5, 0.6) is 5.75 Å². The Morgan fingerprint density at radius 2 is 2.15 bits per heavy atom. The molecule has 0 aliphatic carbocycles. The van der Waals surface area contributed by atoms with Crippen LogP contribution in [-0.4, -0.2) is 7.11 Å². The Balaban J connectivity index is 3.12. The van der Waals surface area contributed by atoms with Crippen molar-refractivity contribution in [3.8, 4) is 5.75 Å². The van der Waals surface area contributed by atoms with Gasteiger partial charge in [0.25, 0.3) is 0 Å². The van der Waals surface area contributed by atoms with E-state index < -0.39 is 0 Å². The SMILES string of the molecule is CCC(C)c1cccc(I)c1OC. The minimum Gasteiger partial charge on any atom is -0.495 e. The number of hydrogen-bond donors (Lipinski definition) is 0. The number of rotatable bonds is 3. The maximum Gasteiger partial charge on any atom is 0.135 e. The van der Waals surface area contributed by atoms with Gasteiger partial charge in [0.2, 0.25) is 0 Å². The maximum atomic E-state index is 5.39. The van der Waals surface area contributed by atoms with Crippen LogP contribution in [0.2, 0.25) is 0 Å². The number of halogens is 1. The van der Waals surface area contributed by atoms with Gasteiger partial charge in [-0.1, -0.05) is 26.0 Å². The van der Waals surface area contributed by atoms with E-state index in [1.54, 1.807) is 7.11 Å². The van der Waals surface area contributed by atoms with E-state index in [-0.39, 0.29) is 0 Å². The molecule has 0 radical (unpaired) electrons. The first kappa shape index (κ1) is 10.8. The monoisotopic (exact) mass is 290 g/mol. The van der Waals surface area contributed by atoms with Gasteiger partial charge in [0.05, 0.1) is 10.7 Å². The first-order valence-corrected chi connectivity index (χ1v) is 5.61. The van der Waals surface area contributed by atoms with Gasteiger partial charge in [-0.15, -0.1) is 0 Å². The Hall–Kier alpha value is -0.250. The van der Waals surface area contributed by atoms with Crippen LogP contribution < -0.4 is 4.74 Å². The van der Waals surface area contributed by atoms with Crippen molar-refractivity contribution in [2.45, 2.75) is 26.2 Å². The second kappa shape index (κ2) is 4.84. The zero-order valence-electron chi connectivity index (χ0n) is 8.30. The lowest BCUT2D eigenvalue weighted by atomic mass is 9.98. The van der Waals surface area contributed by atoms with E-state index in [1.807, 2.05) is 0 Å². The van der Waals surface area contributed by atoms with E-state index in [4.69, 9.17) is 4.74 Å². The Labute approximate surface area is 93.6 Å². The van der Waals surface area contributed by atoms with Gasteiger partial charge in [0.1, 0.15) is 5.75 Å². The first-order valence-electron chi connectivity index (χ1n) is 4.53. The Morgan fingerprint density at radius 3 is 2.69 bits per heavy atom. The summed E-state index contributed by atoms with van der Waals surface area (Å²) in [7, 11) is 1.74. The lowest BCUT2D eigenvalue weighted by molar-refractivity contribution is 0.403. The van der Waals surface area contributed by atoms with Crippen molar-refractivity contribution in [2.75, 3.05) is 7.11 Å². The van der Waals surface area contributed by atoms with Crippen LogP contribution in [0.1, 0.15) is 31.7 Å². The fourth-order valence-corrected chi connectivity index (χ4v) is 2.09. The fourth-order valence-electron chi connectivity index (χ4n) is 1.35. The molecule has 0 fully saturated rings. The van der Waals surface area contributed by atoms with E-state index in [0.29, 0.717) is 5.92 Å². The van der Waals surface area contributed by atoms with Gasteiger partial charge in [0, 0.05) is 0 Å². The normalized spacial score (nSPS) is 12.6. The minimum atomic E-state index is 0.574. The third kappa shape index (κ3) is 2.36. The molecule has 0 amide bonds. The lowest BCUT2D eigenvalue weighted by Crippen LogP contribution is -1.98. The van der Waals surface area contributed by atoms with Crippen LogP contribution in [0, 0.1) is 3.57 Å². The molecule has 0 aromatic heterocycles. The maximum absolute atomic E-state index is 5.39. The third-order valence-electron chi connectivity index (χ3n) is 2.34. The smallest absolute Gasteiger partial charge is 0.135 e. The quantitative estimate of drug-likeness (QED) is 0.769. The molecule has 0 saturated heterocycles. The number of hydrogen-bond acceptors (Lipinski definition) is 1. The minimum absolute atomic E-state index is 0.574. The van der Waals surface area contributed by atoms with E-state index in [2.05, 4.69) is 54.6 Å². The van der Waals surface area contributed by atoms with E-state index in [0.717, 1.165) is 12.2 Å². The average molecular weight is 290 g/mol. The third-order valence-corrected chi connectivity index (χ3v) is 3.19. The summed E-state index contributed by atoms with van der Waals surface area (Å²) < 4.78 is 6.58. The lowest BCUT2D eigenvalue weighted by Gasteiger charge is -2.14. The molecule has 0 saturated carbocycles. The van der Waals surface area contributed by atoms with Crippen molar-refractivity contribution >= 4 is 22.6 Å². The van der Waals surface area contributed by atoms with Crippen LogP contribution in [0.4, 0.5) is 0 Å². The molecule has 1 rings (SSSR count). The highest BCUT2D eigenvalue weighted by molar-refractivity contribution is 14.1. The largest absolute Gasteiger partial charge is 0.495 e. The van der Waals surface area contributed by atoms with Gasteiger partial charge in [0.15, 0.2) is 0 Å². The second-order valence-corrected chi connectivity index (χ2v) is 4.33. The predicted molar refractivity (Wildman–Crippen MR) is 64.4 cm³/mol. The number of benzene rings is 1. The zero-order valence-corrected chi connectivity index (χ0v) is 10.5. The Bertz CT molecular complexity index is 283. The summed E-state index contributed by atoms with van der Waals surface area (Å²) in [5.74, 6) is 1.61. The molecule has 1 aromatic rings. The fraction of sp³-hybridized carbons (Fsp3) is 0.455. The van der Waals surface area contributed by atoms with Crippen molar-refractivity contribution in [1.82, 2.24) is 0 Å². The van der Waals surface area contributed by atoms with Crippen molar-refractivity contribution in [3.63, 3.8) is 0 Å².